The van der Waals surface area contributed by atoms with Crippen molar-refractivity contribution in [1.82, 2.24) is 4.90 Å². The second-order valence-electron chi connectivity index (χ2n) is 7.32. The van der Waals surface area contributed by atoms with Gasteiger partial charge in [0.25, 0.3) is 0 Å². The monoisotopic (exact) mass is 363 g/mol. The zero-order chi connectivity index (χ0) is 19.3. The molecule has 0 unspecified atom stereocenters. The van der Waals surface area contributed by atoms with Gasteiger partial charge in [-0.25, -0.2) is 4.79 Å². The zero-order valence-electron chi connectivity index (χ0n) is 16.4. The third-order valence-electron chi connectivity index (χ3n) is 5.63. The van der Waals surface area contributed by atoms with Crippen LogP contribution in [0, 0.1) is 0 Å². The van der Waals surface area contributed by atoms with Crippen molar-refractivity contribution in [2.75, 3.05) is 6.54 Å². The summed E-state index contributed by atoms with van der Waals surface area (Å²) in [5.74, 6) is 0. The molecule has 0 spiro atoms. The molecule has 3 rings (SSSR count). The quantitative estimate of drug-likeness (QED) is 0.576. The van der Waals surface area contributed by atoms with Gasteiger partial charge in [-0.15, -0.1) is 0 Å². The maximum Gasteiger partial charge on any atom is 0.411 e. The van der Waals surface area contributed by atoms with Crippen molar-refractivity contribution in [2.45, 2.75) is 51.2 Å². The minimum atomic E-state index is -0.503. The van der Waals surface area contributed by atoms with Crippen molar-refractivity contribution in [3.63, 3.8) is 0 Å². The van der Waals surface area contributed by atoms with Gasteiger partial charge in [0, 0.05) is 13.0 Å². The number of cyclic esters (lactones) is 1. The second-order valence-corrected chi connectivity index (χ2v) is 7.32. The molecule has 1 aliphatic rings. The molecule has 2 aromatic carbocycles. The Morgan fingerprint density at radius 3 is 2.48 bits per heavy atom. The van der Waals surface area contributed by atoms with Gasteiger partial charge in [-0.05, 0) is 36.5 Å². The van der Waals surface area contributed by atoms with Crippen LogP contribution in [-0.4, -0.2) is 17.5 Å². The van der Waals surface area contributed by atoms with Crippen molar-refractivity contribution in [3.8, 4) is 0 Å². The van der Waals surface area contributed by atoms with Crippen LogP contribution in [0.3, 0.4) is 0 Å². The lowest BCUT2D eigenvalue weighted by Gasteiger charge is -2.43. The summed E-state index contributed by atoms with van der Waals surface area (Å²) in [6.45, 7) is 8.72. The Morgan fingerprint density at radius 2 is 1.89 bits per heavy atom. The summed E-state index contributed by atoms with van der Waals surface area (Å²) in [7, 11) is 0. The highest BCUT2D eigenvalue weighted by atomic mass is 16.6. The van der Waals surface area contributed by atoms with Crippen LogP contribution >= 0.6 is 0 Å². The maximum absolute atomic E-state index is 13.0. The van der Waals surface area contributed by atoms with Crippen LogP contribution in [0.1, 0.15) is 62.3 Å². The molecule has 142 valence electrons. The van der Waals surface area contributed by atoms with Crippen molar-refractivity contribution in [1.29, 1.82) is 0 Å². The first-order chi connectivity index (χ1) is 13.1. The SMILES string of the molecule is C=Cc1ccc([C@H](C)N2CC[C@](CCCC)(c3ccccc3)OC2=O)cc1. The second kappa shape index (κ2) is 8.43. The van der Waals surface area contributed by atoms with E-state index in [4.69, 9.17) is 4.74 Å². The third kappa shape index (κ3) is 4.08. The van der Waals surface area contributed by atoms with Crippen LogP contribution in [0.5, 0.6) is 0 Å². The molecule has 0 radical (unpaired) electrons. The molecular formula is C24H29NO2. The summed E-state index contributed by atoms with van der Waals surface area (Å²) in [6, 6.07) is 18.4. The van der Waals surface area contributed by atoms with Gasteiger partial charge in [0.1, 0.15) is 5.60 Å². The number of amides is 1. The molecule has 2 aromatic rings. The normalized spacial score (nSPS) is 20.8. The zero-order valence-corrected chi connectivity index (χ0v) is 16.4. The Bertz CT molecular complexity index is 769. The van der Waals surface area contributed by atoms with E-state index in [1.807, 2.05) is 41.3 Å². The molecule has 0 aromatic heterocycles. The van der Waals surface area contributed by atoms with E-state index in [1.165, 1.54) is 0 Å². The highest BCUT2D eigenvalue weighted by Crippen LogP contribution is 2.40. The predicted molar refractivity (Wildman–Crippen MR) is 110 cm³/mol. The van der Waals surface area contributed by atoms with Crippen LogP contribution < -0.4 is 0 Å². The first kappa shape index (κ1) is 19.2. The highest BCUT2D eigenvalue weighted by molar-refractivity contribution is 5.70. The molecule has 0 aliphatic carbocycles. The molecule has 1 saturated heterocycles. The van der Waals surface area contributed by atoms with Crippen LogP contribution in [0.25, 0.3) is 6.08 Å². The molecule has 3 nitrogen and oxygen atoms in total. The number of carbonyl (C=O) groups excluding carboxylic acids is 1. The van der Waals surface area contributed by atoms with E-state index in [9.17, 15) is 4.79 Å². The summed E-state index contributed by atoms with van der Waals surface area (Å²) in [4.78, 5) is 14.8. The Labute approximate surface area is 162 Å². The standard InChI is InChI=1S/C24H29NO2/c1-4-6-16-24(22-10-8-7-9-11-22)17-18-25(23(26)27-24)19(3)21-14-12-20(5-2)13-15-21/h5,7-15,19H,2,4,6,16-18H2,1,3H3/t19-,24+/m0/s1. The van der Waals surface area contributed by atoms with E-state index in [1.54, 1.807) is 0 Å². The lowest BCUT2D eigenvalue weighted by molar-refractivity contribution is -0.0665. The third-order valence-corrected chi connectivity index (χ3v) is 5.63. The van der Waals surface area contributed by atoms with E-state index in [-0.39, 0.29) is 12.1 Å². The van der Waals surface area contributed by atoms with Gasteiger partial charge >= 0.3 is 6.09 Å². The number of carbonyl (C=O) groups is 1. The Balaban J connectivity index is 1.79. The Hall–Kier alpha value is -2.55. The smallest absolute Gasteiger partial charge is 0.411 e. The number of rotatable bonds is 7. The Kier molecular flexibility index (Phi) is 6.00. The van der Waals surface area contributed by atoms with Crippen molar-refractivity contribution >= 4 is 12.2 Å². The molecule has 3 heteroatoms. The van der Waals surface area contributed by atoms with Crippen molar-refractivity contribution in [2.24, 2.45) is 0 Å². The first-order valence-corrected chi connectivity index (χ1v) is 9.87. The van der Waals surface area contributed by atoms with Crippen LogP contribution in [-0.2, 0) is 10.3 Å². The van der Waals surface area contributed by atoms with Crippen molar-refractivity contribution < 1.29 is 9.53 Å². The van der Waals surface area contributed by atoms with E-state index >= 15 is 0 Å². The van der Waals surface area contributed by atoms with Gasteiger partial charge in [0.2, 0.25) is 0 Å². The summed E-state index contributed by atoms with van der Waals surface area (Å²) in [5, 5.41) is 0. The largest absolute Gasteiger partial charge is 0.438 e. The molecule has 1 amide bonds. The fourth-order valence-electron chi connectivity index (χ4n) is 3.84. The van der Waals surface area contributed by atoms with E-state index in [0.29, 0.717) is 6.54 Å². The van der Waals surface area contributed by atoms with Gasteiger partial charge in [-0.2, -0.15) is 0 Å². The molecule has 2 atom stereocenters. The summed E-state index contributed by atoms with van der Waals surface area (Å²) < 4.78 is 6.13. The molecule has 0 N–H and O–H groups in total. The number of nitrogens with zero attached hydrogens (tertiary/aromatic N) is 1. The fourth-order valence-corrected chi connectivity index (χ4v) is 3.84. The molecule has 1 aliphatic heterocycles. The maximum atomic E-state index is 13.0. The average molecular weight is 364 g/mol. The summed E-state index contributed by atoms with van der Waals surface area (Å²) >= 11 is 0. The van der Waals surface area contributed by atoms with E-state index < -0.39 is 5.60 Å². The van der Waals surface area contributed by atoms with Gasteiger partial charge in [0.15, 0.2) is 0 Å². The minimum Gasteiger partial charge on any atom is -0.438 e. The fraction of sp³-hybridized carbons (Fsp3) is 0.375. The van der Waals surface area contributed by atoms with Gasteiger partial charge in [-0.3, -0.25) is 0 Å². The van der Waals surface area contributed by atoms with Gasteiger partial charge < -0.3 is 9.64 Å². The van der Waals surface area contributed by atoms with Crippen LogP contribution in [0.4, 0.5) is 4.79 Å². The van der Waals surface area contributed by atoms with E-state index in [0.717, 1.165) is 42.4 Å². The Morgan fingerprint density at radius 1 is 1.19 bits per heavy atom. The number of hydrogen-bond donors (Lipinski definition) is 0. The highest BCUT2D eigenvalue weighted by Gasteiger charge is 2.42. The minimum absolute atomic E-state index is 0.0173. The average Bonchev–Trinajstić information content (AvgIpc) is 2.72. The number of unbranched alkanes of at least 4 members (excludes halogenated alkanes) is 1. The van der Waals surface area contributed by atoms with Crippen LogP contribution in [0.2, 0.25) is 0 Å². The van der Waals surface area contributed by atoms with E-state index in [2.05, 4.69) is 44.7 Å². The number of ether oxygens (including phenoxy) is 1. The number of benzene rings is 2. The molecule has 0 saturated carbocycles. The molecule has 27 heavy (non-hydrogen) atoms. The molecule has 1 fully saturated rings. The van der Waals surface area contributed by atoms with Crippen molar-refractivity contribution in [3.05, 3.63) is 77.9 Å². The summed E-state index contributed by atoms with van der Waals surface area (Å²) in [5.41, 5.74) is 2.79. The summed E-state index contributed by atoms with van der Waals surface area (Å²) in [6.07, 6.45) is 5.42. The molecular weight excluding hydrogens is 334 g/mol. The predicted octanol–water partition coefficient (Wildman–Crippen LogP) is 6.32. The topological polar surface area (TPSA) is 29.5 Å². The molecule has 1 heterocycles. The lowest BCUT2D eigenvalue weighted by Crippen LogP contribution is -2.48. The van der Waals surface area contributed by atoms with Gasteiger partial charge in [-0.1, -0.05) is 80.6 Å². The van der Waals surface area contributed by atoms with Crippen LogP contribution in [0.15, 0.2) is 61.2 Å². The number of hydrogen-bond acceptors (Lipinski definition) is 2. The van der Waals surface area contributed by atoms with Gasteiger partial charge in [0.05, 0.1) is 6.04 Å². The lowest BCUT2D eigenvalue weighted by atomic mass is 9.84. The first-order valence-electron chi connectivity index (χ1n) is 9.87. The molecule has 0 bridgehead atoms.